The number of rotatable bonds is 4. The molecule has 0 bridgehead atoms. The maximum atomic E-state index is 12.8. The van der Waals surface area contributed by atoms with Crippen LogP contribution in [-0.4, -0.2) is 51.7 Å². The fourth-order valence-corrected chi connectivity index (χ4v) is 4.72. The standard InChI is InChI=1S/C22H29ClN4O/c1-17-20(21(23)27(24-17)19-8-4-2-5-9-19)16-25-14-10-18(11-15-25)22(28)26-12-6-3-7-13-26/h2,4-5,8-9,18H,3,6-7,10-16H2,1H3. The molecule has 0 unspecified atom stereocenters. The van der Waals surface area contributed by atoms with Gasteiger partial charge in [0.25, 0.3) is 0 Å². The van der Waals surface area contributed by atoms with Gasteiger partial charge in [-0.2, -0.15) is 5.10 Å². The van der Waals surface area contributed by atoms with E-state index in [1.165, 1.54) is 6.42 Å². The summed E-state index contributed by atoms with van der Waals surface area (Å²) in [5.41, 5.74) is 3.04. The van der Waals surface area contributed by atoms with Gasteiger partial charge in [-0.05, 0) is 64.3 Å². The van der Waals surface area contributed by atoms with Crippen LogP contribution in [0.1, 0.15) is 43.4 Å². The molecule has 0 saturated carbocycles. The molecule has 0 atom stereocenters. The summed E-state index contributed by atoms with van der Waals surface area (Å²) in [7, 11) is 0. The van der Waals surface area contributed by atoms with Crippen LogP contribution in [0.2, 0.25) is 5.15 Å². The molecule has 150 valence electrons. The normalized spacial score (nSPS) is 19.1. The van der Waals surface area contributed by atoms with Crippen LogP contribution in [0.4, 0.5) is 0 Å². The Balaban J connectivity index is 1.37. The van der Waals surface area contributed by atoms with Gasteiger partial charge >= 0.3 is 0 Å². The van der Waals surface area contributed by atoms with E-state index in [1.54, 1.807) is 0 Å². The Morgan fingerprint density at radius 1 is 1.07 bits per heavy atom. The summed E-state index contributed by atoms with van der Waals surface area (Å²) in [6.45, 7) is 6.60. The van der Waals surface area contributed by atoms with Gasteiger partial charge in [0.2, 0.25) is 5.91 Å². The minimum atomic E-state index is 0.193. The SMILES string of the molecule is Cc1nn(-c2ccccc2)c(Cl)c1CN1CCC(C(=O)N2CCCCC2)CC1. The number of benzene rings is 1. The predicted molar refractivity (Wildman–Crippen MR) is 112 cm³/mol. The molecule has 0 N–H and O–H groups in total. The van der Waals surface area contributed by atoms with Gasteiger partial charge in [0, 0.05) is 31.1 Å². The Hall–Kier alpha value is -1.85. The fourth-order valence-electron chi connectivity index (χ4n) is 4.39. The van der Waals surface area contributed by atoms with Crippen molar-refractivity contribution in [3.05, 3.63) is 46.7 Å². The zero-order valence-electron chi connectivity index (χ0n) is 16.6. The Morgan fingerprint density at radius 3 is 2.43 bits per heavy atom. The monoisotopic (exact) mass is 400 g/mol. The summed E-state index contributed by atoms with van der Waals surface area (Å²) in [5.74, 6) is 0.573. The highest BCUT2D eigenvalue weighted by molar-refractivity contribution is 6.30. The molecular formula is C22H29ClN4O. The number of aryl methyl sites for hydroxylation is 1. The summed E-state index contributed by atoms with van der Waals surface area (Å²) in [5, 5.41) is 5.34. The quantitative estimate of drug-likeness (QED) is 0.777. The number of hydrogen-bond acceptors (Lipinski definition) is 3. The first-order valence-corrected chi connectivity index (χ1v) is 10.8. The Bertz CT molecular complexity index is 805. The molecule has 1 aromatic heterocycles. The second-order valence-corrected chi connectivity index (χ2v) is 8.40. The molecule has 5 nitrogen and oxygen atoms in total. The molecule has 28 heavy (non-hydrogen) atoms. The summed E-state index contributed by atoms with van der Waals surface area (Å²) >= 11 is 6.68. The molecule has 2 aliphatic heterocycles. The third-order valence-corrected chi connectivity index (χ3v) is 6.50. The van der Waals surface area contributed by atoms with Crippen molar-refractivity contribution in [2.24, 2.45) is 5.92 Å². The van der Waals surface area contributed by atoms with Crippen molar-refractivity contribution in [2.75, 3.05) is 26.2 Å². The molecule has 2 aromatic rings. The lowest BCUT2D eigenvalue weighted by molar-refractivity contribution is -0.138. The van der Waals surface area contributed by atoms with Gasteiger partial charge in [0.15, 0.2) is 0 Å². The summed E-state index contributed by atoms with van der Waals surface area (Å²) < 4.78 is 1.82. The van der Waals surface area contributed by atoms with E-state index in [4.69, 9.17) is 11.6 Å². The first kappa shape index (κ1) is 19.5. The van der Waals surface area contributed by atoms with E-state index in [-0.39, 0.29) is 5.92 Å². The van der Waals surface area contributed by atoms with E-state index < -0.39 is 0 Å². The molecule has 2 aliphatic rings. The molecular weight excluding hydrogens is 372 g/mol. The number of para-hydroxylation sites is 1. The summed E-state index contributed by atoms with van der Waals surface area (Å²) in [6.07, 6.45) is 5.47. The number of nitrogens with zero attached hydrogens (tertiary/aromatic N) is 4. The van der Waals surface area contributed by atoms with Crippen molar-refractivity contribution >= 4 is 17.5 Å². The van der Waals surface area contributed by atoms with Crippen LogP contribution in [0.15, 0.2) is 30.3 Å². The van der Waals surface area contributed by atoms with E-state index >= 15 is 0 Å². The number of carbonyl (C=O) groups excluding carboxylic acids is 1. The van der Waals surface area contributed by atoms with Gasteiger partial charge in [0.05, 0.1) is 11.4 Å². The third kappa shape index (κ3) is 4.11. The van der Waals surface area contributed by atoms with Gasteiger partial charge in [-0.1, -0.05) is 29.8 Å². The summed E-state index contributed by atoms with van der Waals surface area (Å²) in [6, 6.07) is 10.0. The third-order valence-electron chi connectivity index (χ3n) is 6.11. The molecule has 2 fully saturated rings. The fraction of sp³-hybridized carbons (Fsp3) is 0.545. The molecule has 1 aromatic carbocycles. The van der Waals surface area contributed by atoms with Crippen LogP contribution in [0.25, 0.3) is 5.69 Å². The van der Waals surface area contributed by atoms with Crippen LogP contribution in [0.3, 0.4) is 0 Å². The van der Waals surface area contributed by atoms with Crippen LogP contribution < -0.4 is 0 Å². The number of likely N-dealkylation sites (tertiary alicyclic amines) is 2. The minimum Gasteiger partial charge on any atom is -0.342 e. The minimum absolute atomic E-state index is 0.193. The number of carbonyl (C=O) groups is 1. The van der Waals surface area contributed by atoms with Gasteiger partial charge in [0.1, 0.15) is 5.15 Å². The molecule has 2 saturated heterocycles. The number of piperidine rings is 2. The number of halogens is 1. The van der Waals surface area contributed by atoms with E-state index in [0.717, 1.165) is 75.4 Å². The van der Waals surface area contributed by atoms with Crippen LogP contribution in [0.5, 0.6) is 0 Å². The Kier molecular flexibility index (Phi) is 6.02. The first-order valence-electron chi connectivity index (χ1n) is 10.4. The number of amides is 1. The maximum Gasteiger partial charge on any atom is 0.225 e. The zero-order chi connectivity index (χ0) is 19.5. The van der Waals surface area contributed by atoms with Gasteiger partial charge < -0.3 is 4.90 Å². The van der Waals surface area contributed by atoms with Crippen molar-refractivity contribution in [1.29, 1.82) is 0 Å². The lowest BCUT2D eigenvalue weighted by Crippen LogP contribution is -2.44. The maximum absolute atomic E-state index is 12.8. The molecule has 1 amide bonds. The average Bonchev–Trinajstić information content (AvgIpc) is 3.03. The van der Waals surface area contributed by atoms with Crippen molar-refractivity contribution in [3.8, 4) is 5.69 Å². The van der Waals surface area contributed by atoms with E-state index in [1.807, 2.05) is 41.9 Å². The van der Waals surface area contributed by atoms with Gasteiger partial charge in [-0.15, -0.1) is 0 Å². The van der Waals surface area contributed by atoms with Crippen LogP contribution in [0, 0.1) is 12.8 Å². The van der Waals surface area contributed by atoms with E-state index in [9.17, 15) is 4.79 Å². The number of aromatic nitrogens is 2. The molecule has 6 heteroatoms. The van der Waals surface area contributed by atoms with E-state index in [0.29, 0.717) is 11.1 Å². The molecule has 3 heterocycles. The van der Waals surface area contributed by atoms with Crippen molar-refractivity contribution < 1.29 is 4.79 Å². The molecule has 0 radical (unpaired) electrons. The molecule has 0 spiro atoms. The first-order chi connectivity index (χ1) is 13.6. The molecule has 4 rings (SSSR count). The van der Waals surface area contributed by atoms with E-state index in [2.05, 4.69) is 14.9 Å². The molecule has 0 aliphatic carbocycles. The second kappa shape index (κ2) is 8.66. The van der Waals surface area contributed by atoms with Crippen LogP contribution >= 0.6 is 11.6 Å². The average molecular weight is 401 g/mol. The highest BCUT2D eigenvalue weighted by Crippen LogP contribution is 2.28. The Morgan fingerprint density at radius 2 is 1.75 bits per heavy atom. The zero-order valence-corrected chi connectivity index (χ0v) is 17.4. The van der Waals surface area contributed by atoms with Crippen molar-refractivity contribution in [2.45, 2.75) is 45.6 Å². The lowest BCUT2D eigenvalue weighted by Gasteiger charge is -2.35. The second-order valence-electron chi connectivity index (χ2n) is 8.04. The Labute approximate surface area is 172 Å². The lowest BCUT2D eigenvalue weighted by atomic mass is 9.94. The van der Waals surface area contributed by atoms with Gasteiger partial charge in [-0.3, -0.25) is 9.69 Å². The van der Waals surface area contributed by atoms with Crippen molar-refractivity contribution in [3.63, 3.8) is 0 Å². The highest BCUT2D eigenvalue weighted by Gasteiger charge is 2.30. The largest absolute Gasteiger partial charge is 0.342 e. The van der Waals surface area contributed by atoms with Crippen LogP contribution in [-0.2, 0) is 11.3 Å². The topological polar surface area (TPSA) is 41.4 Å². The summed E-state index contributed by atoms with van der Waals surface area (Å²) in [4.78, 5) is 17.3. The highest BCUT2D eigenvalue weighted by atomic mass is 35.5. The van der Waals surface area contributed by atoms with Gasteiger partial charge in [-0.25, -0.2) is 4.68 Å². The number of hydrogen-bond donors (Lipinski definition) is 0. The van der Waals surface area contributed by atoms with Crippen molar-refractivity contribution in [1.82, 2.24) is 19.6 Å². The predicted octanol–water partition coefficient (Wildman–Crippen LogP) is 4.06. The smallest absolute Gasteiger partial charge is 0.225 e.